The van der Waals surface area contributed by atoms with Crippen molar-refractivity contribution in [2.45, 2.75) is 71.6 Å². The standard InChI is InChI=1S/C18H34N2O3/c1-14(2)13-22-18(21)20-11-7-17(8-12-20)23-16-5-9-19(10-6-16)15(3)4/h14-17H,5-13H2,1-4H3. The summed E-state index contributed by atoms with van der Waals surface area (Å²) < 4.78 is 11.6. The fourth-order valence-corrected chi connectivity index (χ4v) is 3.30. The molecule has 0 unspecified atom stereocenters. The van der Waals surface area contributed by atoms with Crippen molar-refractivity contribution in [3.63, 3.8) is 0 Å². The first-order chi connectivity index (χ1) is 11.0. The first-order valence-electron chi connectivity index (χ1n) is 9.27. The number of piperidine rings is 2. The highest BCUT2D eigenvalue weighted by Gasteiger charge is 2.28. The number of amides is 1. The molecule has 5 heteroatoms. The highest BCUT2D eigenvalue weighted by Crippen LogP contribution is 2.22. The van der Waals surface area contributed by atoms with Gasteiger partial charge in [0.15, 0.2) is 0 Å². The molecular weight excluding hydrogens is 292 g/mol. The van der Waals surface area contributed by atoms with E-state index in [1.54, 1.807) is 0 Å². The zero-order chi connectivity index (χ0) is 16.8. The van der Waals surface area contributed by atoms with Crippen LogP contribution in [0.25, 0.3) is 0 Å². The molecule has 2 aliphatic rings. The Hall–Kier alpha value is -0.810. The molecule has 0 atom stereocenters. The summed E-state index contributed by atoms with van der Waals surface area (Å²) in [6.45, 7) is 12.9. The van der Waals surface area contributed by atoms with E-state index in [1.807, 2.05) is 4.90 Å². The van der Waals surface area contributed by atoms with Gasteiger partial charge in [0.05, 0.1) is 18.8 Å². The molecule has 134 valence electrons. The number of hydrogen-bond acceptors (Lipinski definition) is 4. The third kappa shape index (κ3) is 5.96. The molecule has 0 saturated carbocycles. The maximum absolute atomic E-state index is 12.0. The number of nitrogens with zero attached hydrogens (tertiary/aromatic N) is 2. The molecule has 0 radical (unpaired) electrons. The van der Waals surface area contributed by atoms with Crippen LogP contribution in [-0.2, 0) is 9.47 Å². The normalized spacial score (nSPS) is 22.1. The molecule has 2 aliphatic heterocycles. The predicted molar refractivity (Wildman–Crippen MR) is 91.6 cm³/mol. The van der Waals surface area contributed by atoms with E-state index < -0.39 is 0 Å². The van der Waals surface area contributed by atoms with Crippen LogP contribution in [0.1, 0.15) is 53.4 Å². The van der Waals surface area contributed by atoms with Gasteiger partial charge in [-0.05, 0) is 45.4 Å². The summed E-state index contributed by atoms with van der Waals surface area (Å²) in [5.74, 6) is 0.386. The van der Waals surface area contributed by atoms with Gasteiger partial charge in [-0.2, -0.15) is 0 Å². The van der Waals surface area contributed by atoms with Crippen LogP contribution in [0.15, 0.2) is 0 Å². The second kappa shape index (κ2) is 8.88. The van der Waals surface area contributed by atoms with E-state index in [4.69, 9.17) is 9.47 Å². The van der Waals surface area contributed by atoms with Gasteiger partial charge < -0.3 is 19.3 Å². The van der Waals surface area contributed by atoms with Crippen molar-refractivity contribution in [3.05, 3.63) is 0 Å². The van der Waals surface area contributed by atoms with Crippen LogP contribution in [0.4, 0.5) is 4.79 Å². The van der Waals surface area contributed by atoms with E-state index in [-0.39, 0.29) is 6.09 Å². The number of ether oxygens (including phenoxy) is 2. The van der Waals surface area contributed by atoms with Gasteiger partial charge in [0, 0.05) is 32.2 Å². The average Bonchev–Trinajstić information content (AvgIpc) is 2.54. The molecule has 0 bridgehead atoms. The summed E-state index contributed by atoms with van der Waals surface area (Å²) in [4.78, 5) is 16.3. The monoisotopic (exact) mass is 326 g/mol. The smallest absolute Gasteiger partial charge is 0.409 e. The van der Waals surface area contributed by atoms with Crippen LogP contribution in [0.2, 0.25) is 0 Å². The first kappa shape index (κ1) is 18.5. The van der Waals surface area contributed by atoms with Gasteiger partial charge in [-0.3, -0.25) is 0 Å². The van der Waals surface area contributed by atoms with E-state index in [0.717, 1.165) is 51.9 Å². The topological polar surface area (TPSA) is 42.0 Å². The molecule has 5 nitrogen and oxygen atoms in total. The van der Waals surface area contributed by atoms with Crippen LogP contribution in [0.3, 0.4) is 0 Å². The summed E-state index contributed by atoms with van der Waals surface area (Å²) in [5.41, 5.74) is 0. The predicted octanol–water partition coefficient (Wildman–Crippen LogP) is 3.13. The van der Waals surface area contributed by atoms with E-state index in [9.17, 15) is 4.79 Å². The van der Waals surface area contributed by atoms with Crippen LogP contribution < -0.4 is 0 Å². The molecule has 0 N–H and O–H groups in total. The molecule has 0 aromatic carbocycles. The SMILES string of the molecule is CC(C)COC(=O)N1CCC(OC2CCN(C(C)C)CC2)CC1. The Morgan fingerprint density at radius 1 is 0.957 bits per heavy atom. The Morgan fingerprint density at radius 3 is 1.96 bits per heavy atom. The molecule has 0 spiro atoms. The Kier molecular flexibility index (Phi) is 7.15. The third-order valence-electron chi connectivity index (χ3n) is 4.83. The molecule has 2 saturated heterocycles. The summed E-state index contributed by atoms with van der Waals surface area (Å²) in [6, 6.07) is 0.635. The Balaban J connectivity index is 1.64. The largest absolute Gasteiger partial charge is 0.449 e. The first-order valence-corrected chi connectivity index (χ1v) is 9.27. The Bertz CT molecular complexity index is 357. The molecule has 1 amide bonds. The number of rotatable bonds is 5. The van der Waals surface area contributed by atoms with Gasteiger partial charge in [-0.15, -0.1) is 0 Å². The number of likely N-dealkylation sites (tertiary alicyclic amines) is 2. The van der Waals surface area contributed by atoms with Crippen LogP contribution >= 0.6 is 0 Å². The van der Waals surface area contributed by atoms with Crippen molar-refractivity contribution in [2.75, 3.05) is 32.8 Å². The minimum Gasteiger partial charge on any atom is -0.449 e. The van der Waals surface area contributed by atoms with E-state index in [1.165, 1.54) is 0 Å². The van der Waals surface area contributed by atoms with E-state index in [2.05, 4.69) is 32.6 Å². The molecule has 23 heavy (non-hydrogen) atoms. The Morgan fingerprint density at radius 2 is 1.48 bits per heavy atom. The van der Waals surface area contributed by atoms with Gasteiger partial charge in [-0.25, -0.2) is 4.79 Å². The van der Waals surface area contributed by atoms with E-state index >= 15 is 0 Å². The molecule has 0 aliphatic carbocycles. The summed E-state index contributed by atoms with van der Waals surface area (Å²) >= 11 is 0. The molecule has 0 aromatic heterocycles. The fraction of sp³-hybridized carbons (Fsp3) is 0.944. The lowest BCUT2D eigenvalue weighted by Crippen LogP contribution is -2.45. The summed E-state index contributed by atoms with van der Waals surface area (Å²) in [5, 5.41) is 0. The summed E-state index contributed by atoms with van der Waals surface area (Å²) in [6.07, 6.45) is 4.67. The zero-order valence-electron chi connectivity index (χ0n) is 15.3. The Labute approximate surface area is 141 Å². The molecule has 2 fully saturated rings. The van der Waals surface area contributed by atoms with Crippen LogP contribution in [-0.4, -0.2) is 66.9 Å². The van der Waals surface area contributed by atoms with Crippen LogP contribution in [0.5, 0.6) is 0 Å². The van der Waals surface area contributed by atoms with Gasteiger partial charge in [0.2, 0.25) is 0 Å². The number of carbonyl (C=O) groups is 1. The number of hydrogen-bond donors (Lipinski definition) is 0. The van der Waals surface area contributed by atoms with Crippen molar-refractivity contribution in [1.82, 2.24) is 9.80 Å². The van der Waals surface area contributed by atoms with Crippen molar-refractivity contribution in [2.24, 2.45) is 5.92 Å². The minimum atomic E-state index is -0.164. The van der Waals surface area contributed by atoms with Gasteiger partial charge in [-0.1, -0.05) is 13.8 Å². The lowest BCUT2D eigenvalue weighted by atomic mass is 10.0. The lowest BCUT2D eigenvalue weighted by molar-refractivity contribution is -0.0662. The molecule has 0 aromatic rings. The van der Waals surface area contributed by atoms with Crippen molar-refractivity contribution < 1.29 is 14.3 Å². The van der Waals surface area contributed by atoms with Crippen molar-refractivity contribution >= 4 is 6.09 Å². The maximum Gasteiger partial charge on any atom is 0.409 e. The lowest BCUT2D eigenvalue weighted by Gasteiger charge is -2.38. The van der Waals surface area contributed by atoms with Gasteiger partial charge in [0.1, 0.15) is 0 Å². The molecule has 2 heterocycles. The second-order valence-corrected chi connectivity index (χ2v) is 7.62. The quantitative estimate of drug-likeness (QED) is 0.778. The highest BCUT2D eigenvalue weighted by molar-refractivity contribution is 5.67. The molecular formula is C18H34N2O3. The van der Waals surface area contributed by atoms with Gasteiger partial charge in [0.25, 0.3) is 0 Å². The second-order valence-electron chi connectivity index (χ2n) is 7.62. The average molecular weight is 326 g/mol. The minimum absolute atomic E-state index is 0.164. The van der Waals surface area contributed by atoms with E-state index in [0.29, 0.717) is 30.8 Å². The maximum atomic E-state index is 12.0. The summed E-state index contributed by atoms with van der Waals surface area (Å²) in [7, 11) is 0. The van der Waals surface area contributed by atoms with Crippen molar-refractivity contribution in [3.8, 4) is 0 Å². The molecule has 2 rings (SSSR count). The fourth-order valence-electron chi connectivity index (χ4n) is 3.30. The highest BCUT2D eigenvalue weighted by atomic mass is 16.6. The van der Waals surface area contributed by atoms with Crippen molar-refractivity contribution in [1.29, 1.82) is 0 Å². The number of carbonyl (C=O) groups excluding carboxylic acids is 1. The zero-order valence-corrected chi connectivity index (χ0v) is 15.3. The third-order valence-corrected chi connectivity index (χ3v) is 4.83. The van der Waals surface area contributed by atoms with Gasteiger partial charge >= 0.3 is 6.09 Å². The van der Waals surface area contributed by atoms with Crippen LogP contribution in [0, 0.1) is 5.92 Å².